The van der Waals surface area contributed by atoms with Crippen LogP contribution in [0.5, 0.6) is 0 Å². The summed E-state index contributed by atoms with van der Waals surface area (Å²) in [5, 5.41) is 12.4. The Hall–Kier alpha value is -2.02. The van der Waals surface area contributed by atoms with Gasteiger partial charge in [-0.05, 0) is 31.7 Å². The smallest absolute Gasteiger partial charge is 0.147 e. The zero-order valence-corrected chi connectivity index (χ0v) is 14.1. The molecule has 0 atom stereocenters. The van der Waals surface area contributed by atoms with Crippen LogP contribution in [0.4, 0.5) is 5.82 Å². The molecule has 0 amide bonds. The molecule has 2 aliphatic rings. The number of rotatable bonds is 4. The number of nitrogens with one attached hydrogen (secondary N) is 1. The van der Waals surface area contributed by atoms with Crippen LogP contribution in [-0.2, 0) is 19.5 Å². The summed E-state index contributed by atoms with van der Waals surface area (Å²) in [4.78, 5) is 10.7. The first-order valence-electron chi connectivity index (χ1n) is 9.04. The largest absolute Gasteiger partial charge is 0.367 e. The van der Waals surface area contributed by atoms with Crippen LogP contribution in [0.1, 0.15) is 43.8 Å². The lowest BCUT2D eigenvalue weighted by molar-refractivity contribution is 0.203. The summed E-state index contributed by atoms with van der Waals surface area (Å²) in [5.74, 6) is 3.25. The van der Waals surface area contributed by atoms with E-state index in [9.17, 15) is 0 Å². The van der Waals surface area contributed by atoms with Crippen molar-refractivity contribution in [3.05, 3.63) is 30.2 Å². The number of anilines is 1. The Morgan fingerprint density at radius 3 is 2.83 bits per heavy atom. The minimum atomic E-state index is 0.492. The SMILES string of the molecule is c1cc(NC2CCN(Cc3nnc4n3CCCCC4)CC2)ncn1. The number of nitrogens with zero attached hydrogens (tertiary/aromatic N) is 6. The van der Waals surface area contributed by atoms with E-state index in [1.807, 2.05) is 6.07 Å². The topological polar surface area (TPSA) is 71.8 Å². The standard InChI is InChI=1S/C17H25N7/c1-2-4-16-21-22-17(24(16)9-3-1)12-23-10-6-14(7-11-23)20-15-5-8-18-13-19-15/h5,8,13-14H,1-4,6-7,9-12H2,(H,18,19,20). The Morgan fingerprint density at radius 1 is 1.08 bits per heavy atom. The zero-order chi connectivity index (χ0) is 16.2. The molecule has 0 spiro atoms. The van der Waals surface area contributed by atoms with E-state index in [1.54, 1.807) is 12.5 Å². The first kappa shape index (κ1) is 15.5. The lowest BCUT2D eigenvalue weighted by Gasteiger charge is -2.32. The van der Waals surface area contributed by atoms with Crippen LogP contribution in [-0.4, -0.2) is 48.8 Å². The predicted octanol–water partition coefficient (Wildman–Crippen LogP) is 1.87. The van der Waals surface area contributed by atoms with Gasteiger partial charge in [0.05, 0.1) is 6.54 Å². The van der Waals surface area contributed by atoms with Gasteiger partial charge < -0.3 is 9.88 Å². The van der Waals surface area contributed by atoms with E-state index in [2.05, 4.69) is 34.9 Å². The second-order valence-corrected chi connectivity index (χ2v) is 6.78. The minimum Gasteiger partial charge on any atom is -0.367 e. The summed E-state index contributed by atoms with van der Waals surface area (Å²) in [7, 11) is 0. The van der Waals surface area contributed by atoms with E-state index >= 15 is 0 Å². The zero-order valence-electron chi connectivity index (χ0n) is 14.1. The Morgan fingerprint density at radius 2 is 2.00 bits per heavy atom. The third kappa shape index (κ3) is 3.56. The van der Waals surface area contributed by atoms with Crippen molar-refractivity contribution in [3.63, 3.8) is 0 Å². The summed E-state index contributed by atoms with van der Waals surface area (Å²) < 4.78 is 2.36. The average Bonchev–Trinajstić information content (AvgIpc) is 2.84. The van der Waals surface area contributed by atoms with Crippen LogP contribution < -0.4 is 5.32 Å². The number of likely N-dealkylation sites (tertiary alicyclic amines) is 1. The molecule has 1 N–H and O–H groups in total. The molecule has 0 saturated carbocycles. The summed E-state index contributed by atoms with van der Waals surface area (Å²) >= 11 is 0. The van der Waals surface area contributed by atoms with Crippen molar-refractivity contribution in [2.24, 2.45) is 0 Å². The molecule has 1 fully saturated rings. The van der Waals surface area contributed by atoms with Gasteiger partial charge in [0.1, 0.15) is 23.8 Å². The highest BCUT2D eigenvalue weighted by Crippen LogP contribution is 2.19. The van der Waals surface area contributed by atoms with Crippen molar-refractivity contribution in [3.8, 4) is 0 Å². The van der Waals surface area contributed by atoms with Gasteiger partial charge in [0.15, 0.2) is 0 Å². The van der Waals surface area contributed by atoms with Gasteiger partial charge in [0.25, 0.3) is 0 Å². The van der Waals surface area contributed by atoms with Gasteiger partial charge in [-0.15, -0.1) is 10.2 Å². The molecule has 1 saturated heterocycles. The highest BCUT2D eigenvalue weighted by atomic mass is 15.3. The monoisotopic (exact) mass is 327 g/mol. The first-order chi connectivity index (χ1) is 11.9. The molecule has 0 aromatic carbocycles. The molecular formula is C17H25N7. The molecule has 4 heterocycles. The first-order valence-corrected chi connectivity index (χ1v) is 9.04. The number of piperidine rings is 1. The van der Waals surface area contributed by atoms with Crippen LogP contribution in [0.15, 0.2) is 18.6 Å². The van der Waals surface area contributed by atoms with Crippen molar-refractivity contribution in [1.82, 2.24) is 29.6 Å². The molecule has 0 unspecified atom stereocenters. The second kappa shape index (κ2) is 7.25. The van der Waals surface area contributed by atoms with Crippen molar-refractivity contribution < 1.29 is 0 Å². The molecule has 24 heavy (non-hydrogen) atoms. The summed E-state index contributed by atoms with van der Waals surface area (Å²) in [6, 6.07) is 2.42. The van der Waals surface area contributed by atoms with E-state index in [0.29, 0.717) is 6.04 Å². The second-order valence-electron chi connectivity index (χ2n) is 6.78. The van der Waals surface area contributed by atoms with E-state index < -0.39 is 0 Å². The molecule has 7 heteroatoms. The molecular weight excluding hydrogens is 302 g/mol. The van der Waals surface area contributed by atoms with Crippen molar-refractivity contribution in [2.45, 2.75) is 57.7 Å². The molecule has 128 valence electrons. The summed E-state index contributed by atoms with van der Waals surface area (Å²) in [6.45, 7) is 4.19. The predicted molar refractivity (Wildman–Crippen MR) is 91.5 cm³/mol. The highest BCUT2D eigenvalue weighted by Gasteiger charge is 2.22. The van der Waals surface area contributed by atoms with Crippen LogP contribution in [0.25, 0.3) is 0 Å². The van der Waals surface area contributed by atoms with Crippen LogP contribution in [0.3, 0.4) is 0 Å². The summed E-state index contributed by atoms with van der Waals surface area (Å²) in [6.07, 6.45) is 10.5. The van der Waals surface area contributed by atoms with Crippen LogP contribution >= 0.6 is 0 Å². The van der Waals surface area contributed by atoms with Gasteiger partial charge in [-0.25, -0.2) is 9.97 Å². The van der Waals surface area contributed by atoms with Gasteiger partial charge in [-0.3, -0.25) is 4.90 Å². The third-order valence-electron chi connectivity index (χ3n) is 5.07. The number of fused-ring (bicyclic) bond motifs is 1. The minimum absolute atomic E-state index is 0.492. The van der Waals surface area contributed by atoms with Gasteiger partial charge in [-0.2, -0.15) is 0 Å². The van der Waals surface area contributed by atoms with E-state index in [4.69, 9.17) is 0 Å². The molecule has 0 radical (unpaired) electrons. The molecule has 2 aromatic rings. The fourth-order valence-electron chi connectivity index (χ4n) is 3.68. The maximum absolute atomic E-state index is 4.46. The number of aromatic nitrogens is 5. The maximum Gasteiger partial charge on any atom is 0.147 e. The number of hydrogen-bond donors (Lipinski definition) is 1. The Labute approximate surface area is 142 Å². The third-order valence-corrected chi connectivity index (χ3v) is 5.07. The lowest BCUT2D eigenvalue weighted by atomic mass is 10.1. The molecule has 4 rings (SSSR count). The van der Waals surface area contributed by atoms with E-state index in [0.717, 1.165) is 57.1 Å². The van der Waals surface area contributed by atoms with Crippen molar-refractivity contribution in [1.29, 1.82) is 0 Å². The fourth-order valence-corrected chi connectivity index (χ4v) is 3.68. The van der Waals surface area contributed by atoms with E-state index in [-0.39, 0.29) is 0 Å². The maximum atomic E-state index is 4.46. The molecule has 0 aliphatic carbocycles. The fraction of sp³-hybridized carbons (Fsp3) is 0.647. The van der Waals surface area contributed by atoms with Gasteiger partial charge in [0, 0.05) is 38.3 Å². The van der Waals surface area contributed by atoms with Gasteiger partial charge >= 0.3 is 0 Å². The van der Waals surface area contributed by atoms with E-state index in [1.165, 1.54) is 25.1 Å². The van der Waals surface area contributed by atoms with Crippen molar-refractivity contribution >= 4 is 5.82 Å². The lowest BCUT2D eigenvalue weighted by Crippen LogP contribution is -2.39. The molecule has 2 aromatic heterocycles. The normalized spacial score (nSPS) is 19.7. The Kier molecular flexibility index (Phi) is 4.69. The van der Waals surface area contributed by atoms with Gasteiger partial charge in [0.2, 0.25) is 0 Å². The summed E-state index contributed by atoms with van der Waals surface area (Å²) in [5.41, 5.74) is 0. The Bertz CT molecular complexity index is 646. The van der Waals surface area contributed by atoms with Crippen LogP contribution in [0, 0.1) is 0 Å². The molecule has 2 aliphatic heterocycles. The molecule has 0 bridgehead atoms. The number of aryl methyl sites for hydroxylation is 1. The number of hydrogen-bond acceptors (Lipinski definition) is 6. The highest BCUT2D eigenvalue weighted by molar-refractivity contribution is 5.33. The average molecular weight is 327 g/mol. The van der Waals surface area contributed by atoms with Crippen molar-refractivity contribution in [2.75, 3.05) is 18.4 Å². The molecule has 7 nitrogen and oxygen atoms in total. The van der Waals surface area contributed by atoms with Gasteiger partial charge in [-0.1, -0.05) is 6.42 Å². The Balaban J connectivity index is 1.31. The van der Waals surface area contributed by atoms with Crippen LogP contribution in [0.2, 0.25) is 0 Å². The quantitative estimate of drug-likeness (QED) is 0.924.